The summed E-state index contributed by atoms with van der Waals surface area (Å²) in [6, 6.07) is 2.03. The van der Waals surface area contributed by atoms with Crippen LogP contribution in [0, 0.1) is 29.6 Å². The van der Waals surface area contributed by atoms with E-state index in [0.717, 1.165) is 30.2 Å². The molecule has 0 spiro atoms. The van der Waals surface area contributed by atoms with Crippen LogP contribution >= 0.6 is 0 Å². The Hall–Kier alpha value is -0.730. The van der Waals surface area contributed by atoms with Crippen LogP contribution in [0.5, 0.6) is 0 Å². The van der Waals surface area contributed by atoms with Gasteiger partial charge in [0, 0.05) is 18.6 Å². The minimum Gasteiger partial charge on any atom is -0.319 e. The first-order valence-corrected chi connectivity index (χ1v) is 9.70. The van der Waals surface area contributed by atoms with Crippen molar-refractivity contribution in [1.29, 1.82) is 0 Å². The number of carbonyl (C=O) groups excluding carboxylic acids is 1. The van der Waals surface area contributed by atoms with E-state index in [1.54, 1.807) is 0 Å². The molecule has 4 bridgehead atoms. The lowest BCUT2D eigenvalue weighted by Gasteiger charge is -2.56. The summed E-state index contributed by atoms with van der Waals surface area (Å²) in [5.41, 5.74) is 0. The van der Waals surface area contributed by atoms with E-state index in [9.17, 15) is 4.79 Å². The van der Waals surface area contributed by atoms with Crippen molar-refractivity contribution in [1.82, 2.24) is 9.80 Å². The predicted octanol–water partition coefficient (Wildman–Crippen LogP) is 3.74. The zero-order valence-corrected chi connectivity index (χ0v) is 14.1. The summed E-state index contributed by atoms with van der Waals surface area (Å²) in [6.07, 6.45) is 9.63. The van der Waals surface area contributed by atoms with Crippen LogP contribution in [0.3, 0.4) is 0 Å². The Kier molecular flexibility index (Phi) is 2.89. The van der Waals surface area contributed by atoms with Gasteiger partial charge in [-0.15, -0.1) is 0 Å². The van der Waals surface area contributed by atoms with Crippen LogP contribution in [-0.4, -0.2) is 40.5 Å². The highest BCUT2D eigenvalue weighted by Gasteiger charge is 2.55. The molecule has 0 aromatic heterocycles. The van der Waals surface area contributed by atoms with Gasteiger partial charge in [-0.05, 0) is 74.5 Å². The molecule has 122 valence electrons. The summed E-state index contributed by atoms with van der Waals surface area (Å²) in [5, 5.41) is 0. The Bertz CT molecular complexity index is 456. The molecule has 1 unspecified atom stereocenters. The van der Waals surface area contributed by atoms with Gasteiger partial charge in [-0.3, -0.25) is 0 Å². The molecule has 1 atom stereocenters. The van der Waals surface area contributed by atoms with Crippen molar-refractivity contribution in [3.8, 4) is 0 Å². The summed E-state index contributed by atoms with van der Waals surface area (Å²) < 4.78 is 0. The second kappa shape index (κ2) is 4.64. The van der Waals surface area contributed by atoms with E-state index in [1.807, 2.05) is 0 Å². The smallest absolute Gasteiger partial charge is 0.319 e. The van der Waals surface area contributed by atoms with Crippen molar-refractivity contribution in [3.05, 3.63) is 0 Å². The molecule has 0 aromatic carbocycles. The standard InChI is InChI=1S/C19H30N2O/c1-11(2)17-10-20(19(22)21(17)16-3-4-16)18-14-6-12-5-13(8-14)9-15(18)7-12/h11-18H,3-10H2,1-2H3. The molecule has 3 heteroatoms. The number of nitrogens with zero attached hydrogens (tertiary/aromatic N) is 2. The van der Waals surface area contributed by atoms with Gasteiger partial charge in [0.05, 0.1) is 6.04 Å². The fraction of sp³-hybridized carbons (Fsp3) is 0.947. The summed E-state index contributed by atoms with van der Waals surface area (Å²) in [7, 11) is 0. The lowest BCUT2D eigenvalue weighted by molar-refractivity contribution is -0.0476. The summed E-state index contributed by atoms with van der Waals surface area (Å²) in [6.45, 7) is 5.61. The second-order valence-corrected chi connectivity index (χ2v) is 9.31. The number of hydrogen-bond donors (Lipinski definition) is 0. The molecule has 5 saturated carbocycles. The monoisotopic (exact) mass is 302 g/mol. The zero-order valence-electron chi connectivity index (χ0n) is 14.1. The zero-order chi connectivity index (χ0) is 15.0. The molecule has 0 aromatic rings. The molecule has 6 aliphatic rings. The Morgan fingerprint density at radius 3 is 2.05 bits per heavy atom. The van der Waals surface area contributed by atoms with Gasteiger partial charge < -0.3 is 9.80 Å². The first-order chi connectivity index (χ1) is 10.6. The molecular weight excluding hydrogens is 272 g/mol. The number of urea groups is 1. The predicted molar refractivity (Wildman–Crippen MR) is 86.4 cm³/mol. The van der Waals surface area contributed by atoms with E-state index in [2.05, 4.69) is 23.6 Å². The molecule has 1 saturated heterocycles. The second-order valence-electron chi connectivity index (χ2n) is 9.31. The fourth-order valence-electron chi connectivity index (χ4n) is 6.62. The van der Waals surface area contributed by atoms with Crippen LogP contribution < -0.4 is 0 Å². The maximum atomic E-state index is 13.2. The molecule has 22 heavy (non-hydrogen) atoms. The van der Waals surface area contributed by atoms with Gasteiger partial charge in [0.15, 0.2) is 0 Å². The molecule has 0 radical (unpaired) electrons. The molecule has 3 nitrogen and oxygen atoms in total. The van der Waals surface area contributed by atoms with E-state index in [4.69, 9.17) is 0 Å². The van der Waals surface area contributed by atoms with E-state index >= 15 is 0 Å². The summed E-state index contributed by atoms with van der Waals surface area (Å²) in [5.74, 6) is 4.24. The minimum atomic E-state index is 0.402. The number of rotatable bonds is 3. The van der Waals surface area contributed by atoms with Crippen LogP contribution in [0.15, 0.2) is 0 Å². The van der Waals surface area contributed by atoms with Gasteiger partial charge in [-0.25, -0.2) is 4.79 Å². The number of hydrogen-bond acceptors (Lipinski definition) is 1. The van der Waals surface area contributed by atoms with Gasteiger partial charge in [-0.1, -0.05) is 13.8 Å². The first-order valence-electron chi connectivity index (χ1n) is 9.70. The number of carbonyl (C=O) groups is 1. The van der Waals surface area contributed by atoms with Gasteiger partial charge in [0.25, 0.3) is 0 Å². The van der Waals surface area contributed by atoms with Crippen LogP contribution in [0.2, 0.25) is 0 Å². The van der Waals surface area contributed by atoms with E-state index in [0.29, 0.717) is 30.1 Å². The van der Waals surface area contributed by atoms with E-state index < -0.39 is 0 Å². The molecule has 6 rings (SSSR count). The Morgan fingerprint density at radius 1 is 0.955 bits per heavy atom. The Labute approximate surface area is 134 Å². The van der Waals surface area contributed by atoms with E-state index in [1.165, 1.54) is 44.9 Å². The Balaban J connectivity index is 1.42. The molecular formula is C19H30N2O. The molecule has 1 aliphatic heterocycles. The minimum absolute atomic E-state index is 0.402. The first kappa shape index (κ1) is 13.7. The maximum Gasteiger partial charge on any atom is 0.320 e. The normalized spacial score (nSPS) is 47.1. The fourth-order valence-corrected chi connectivity index (χ4v) is 6.62. The van der Waals surface area contributed by atoms with Gasteiger partial charge in [-0.2, -0.15) is 0 Å². The summed E-state index contributed by atoms with van der Waals surface area (Å²) in [4.78, 5) is 17.8. The molecule has 5 aliphatic carbocycles. The van der Waals surface area contributed by atoms with Crippen molar-refractivity contribution < 1.29 is 4.79 Å². The van der Waals surface area contributed by atoms with Crippen LogP contribution in [0.4, 0.5) is 4.79 Å². The van der Waals surface area contributed by atoms with Gasteiger partial charge in [0.2, 0.25) is 0 Å². The van der Waals surface area contributed by atoms with Crippen molar-refractivity contribution in [2.45, 2.75) is 76.9 Å². The topological polar surface area (TPSA) is 23.6 Å². The van der Waals surface area contributed by atoms with Crippen LogP contribution in [-0.2, 0) is 0 Å². The van der Waals surface area contributed by atoms with E-state index in [-0.39, 0.29) is 0 Å². The third kappa shape index (κ3) is 1.89. The molecule has 2 amide bonds. The highest BCUT2D eigenvalue weighted by Crippen LogP contribution is 2.56. The van der Waals surface area contributed by atoms with Crippen LogP contribution in [0.1, 0.15) is 58.8 Å². The molecule has 1 heterocycles. The Morgan fingerprint density at radius 2 is 1.55 bits per heavy atom. The summed E-state index contributed by atoms with van der Waals surface area (Å²) >= 11 is 0. The van der Waals surface area contributed by atoms with Crippen molar-refractivity contribution in [3.63, 3.8) is 0 Å². The highest BCUT2D eigenvalue weighted by molar-refractivity contribution is 5.78. The van der Waals surface area contributed by atoms with Crippen molar-refractivity contribution >= 4 is 6.03 Å². The molecule has 0 N–H and O–H groups in total. The third-order valence-corrected chi connectivity index (χ3v) is 7.45. The number of amides is 2. The highest BCUT2D eigenvalue weighted by atomic mass is 16.2. The van der Waals surface area contributed by atoms with Crippen molar-refractivity contribution in [2.24, 2.45) is 29.6 Å². The van der Waals surface area contributed by atoms with Crippen LogP contribution in [0.25, 0.3) is 0 Å². The lowest BCUT2D eigenvalue weighted by atomic mass is 9.54. The third-order valence-electron chi connectivity index (χ3n) is 7.45. The molecule has 6 fully saturated rings. The largest absolute Gasteiger partial charge is 0.320 e. The van der Waals surface area contributed by atoms with Gasteiger partial charge in [0.1, 0.15) is 0 Å². The van der Waals surface area contributed by atoms with Crippen molar-refractivity contribution in [2.75, 3.05) is 6.54 Å². The quantitative estimate of drug-likeness (QED) is 0.779. The lowest BCUT2D eigenvalue weighted by Crippen LogP contribution is -2.56. The van der Waals surface area contributed by atoms with Gasteiger partial charge >= 0.3 is 6.03 Å². The average Bonchev–Trinajstić information content (AvgIpc) is 3.22. The SMILES string of the molecule is CC(C)C1CN(C2C3CC4CC(C3)CC2C4)C(=O)N1C1CC1. The maximum absolute atomic E-state index is 13.2. The average molecular weight is 302 g/mol.